The van der Waals surface area contributed by atoms with Gasteiger partial charge in [-0.25, -0.2) is 10.1 Å². The molecule has 0 aromatic heterocycles. The monoisotopic (exact) mass is 451 g/mol. The van der Waals surface area contributed by atoms with Crippen LogP contribution in [0, 0.1) is 22.6 Å². The topological polar surface area (TPSA) is 91.2 Å². The highest BCUT2D eigenvalue weighted by atomic mass is 16.5. The van der Waals surface area contributed by atoms with E-state index in [-0.39, 0.29) is 36.6 Å². The van der Waals surface area contributed by atoms with Gasteiger partial charge in [0.1, 0.15) is 6.61 Å². The predicted molar refractivity (Wildman–Crippen MR) is 131 cm³/mol. The van der Waals surface area contributed by atoms with Crippen molar-refractivity contribution in [1.29, 1.82) is 5.26 Å². The molecule has 2 fully saturated rings. The average molecular weight is 451 g/mol. The lowest BCUT2D eigenvalue weighted by Crippen LogP contribution is -2.48. The maximum atomic E-state index is 12.8. The van der Waals surface area contributed by atoms with Gasteiger partial charge in [0.25, 0.3) is 6.71 Å². The van der Waals surface area contributed by atoms with Crippen LogP contribution in [-0.2, 0) is 16.1 Å². The van der Waals surface area contributed by atoms with Gasteiger partial charge in [-0.2, -0.15) is 0 Å². The van der Waals surface area contributed by atoms with E-state index in [1.165, 1.54) is 0 Å². The molecule has 1 aromatic carbocycles. The molecule has 6 nitrogen and oxygen atoms in total. The summed E-state index contributed by atoms with van der Waals surface area (Å²) in [7, 11) is 0. The molecule has 1 saturated heterocycles. The summed E-state index contributed by atoms with van der Waals surface area (Å²) in [5.74, 6) is 3.52. The van der Waals surface area contributed by atoms with Crippen molar-refractivity contribution in [3.63, 3.8) is 0 Å². The molecular formula is C26H38BN3O3. The Bertz CT molecular complexity index is 835. The Hall–Kier alpha value is -2.49. The zero-order chi connectivity index (χ0) is 23.8. The molecule has 3 rings (SSSR count). The molecule has 1 aliphatic heterocycles. The SMILES string of the molecule is CCC1(CCNC(=O)OCc2ccccc2)CC(C(=O)NC(C)CC2CCC(C)B2C#N)C1. The number of nitriles is 1. The zero-order valence-electron chi connectivity index (χ0n) is 20.3. The van der Waals surface area contributed by atoms with E-state index in [2.05, 4.69) is 37.4 Å². The van der Waals surface area contributed by atoms with Crippen molar-refractivity contribution in [2.24, 2.45) is 11.3 Å². The summed E-state index contributed by atoms with van der Waals surface area (Å²) in [6.45, 7) is 7.32. The Labute approximate surface area is 198 Å². The van der Waals surface area contributed by atoms with Gasteiger partial charge in [-0.05, 0) is 49.4 Å². The number of hydrogen-bond acceptors (Lipinski definition) is 4. The first kappa shape index (κ1) is 25.1. The third-order valence-electron chi connectivity index (χ3n) is 7.92. The number of alkyl carbamates (subject to hydrolysis) is 1. The van der Waals surface area contributed by atoms with Crippen LogP contribution >= 0.6 is 0 Å². The summed E-state index contributed by atoms with van der Waals surface area (Å²) in [5.41, 5.74) is 1.08. The fourth-order valence-corrected chi connectivity index (χ4v) is 5.72. The molecule has 33 heavy (non-hydrogen) atoms. The Kier molecular flexibility index (Phi) is 8.83. The fourth-order valence-electron chi connectivity index (χ4n) is 5.72. The molecule has 3 unspecified atom stereocenters. The molecule has 1 aromatic rings. The number of hydrogen-bond donors (Lipinski definition) is 2. The van der Waals surface area contributed by atoms with E-state index >= 15 is 0 Å². The van der Waals surface area contributed by atoms with Crippen LogP contribution in [0.2, 0.25) is 11.6 Å². The first-order chi connectivity index (χ1) is 15.9. The highest BCUT2D eigenvalue weighted by Gasteiger charge is 2.46. The lowest BCUT2D eigenvalue weighted by atomic mass is 9.38. The van der Waals surface area contributed by atoms with Crippen LogP contribution in [0.4, 0.5) is 4.79 Å². The van der Waals surface area contributed by atoms with Gasteiger partial charge in [0.15, 0.2) is 0 Å². The van der Waals surface area contributed by atoms with Gasteiger partial charge in [0.05, 0.1) is 0 Å². The van der Waals surface area contributed by atoms with E-state index in [1.807, 2.05) is 30.3 Å². The van der Waals surface area contributed by atoms with Gasteiger partial charge in [-0.15, -0.1) is 0 Å². The lowest BCUT2D eigenvalue weighted by molar-refractivity contribution is -0.133. The molecule has 2 N–H and O–H groups in total. The van der Waals surface area contributed by atoms with Crippen molar-refractivity contribution in [1.82, 2.24) is 10.6 Å². The van der Waals surface area contributed by atoms with Crippen molar-refractivity contribution < 1.29 is 14.3 Å². The van der Waals surface area contributed by atoms with Gasteiger partial charge < -0.3 is 15.4 Å². The number of amides is 2. The first-order valence-electron chi connectivity index (χ1n) is 12.5. The minimum absolute atomic E-state index is 0.0479. The van der Waals surface area contributed by atoms with E-state index in [1.54, 1.807) is 0 Å². The Morgan fingerprint density at radius 2 is 2.00 bits per heavy atom. The van der Waals surface area contributed by atoms with Crippen molar-refractivity contribution in [2.45, 2.75) is 90.0 Å². The second-order valence-electron chi connectivity index (χ2n) is 10.3. The third kappa shape index (κ3) is 6.75. The molecule has 178 valence electrons. The number of carbonyl (C=O) groups excluding carboxylic acids is 2. The van der Waals surface area contributed by atoms with E-state index in [4.69, 9.17) is 4.74 Å². The second-order valence-corrected chi connectivity index (χ2v) is 10.3. The van der Waals surface area contributed by atoms with Crippen LogP contribution in [0.1, 0.15) is 71.3 Å². The van der Waals surface area contributed by atoms with E-state index in [9.17, 15) is 14.9 Å². The standard InChI is InChI=1S/C26H38BN3O3/c1-4-26(12-13-29-25(32)33-17-21-8-6-5-7-9-21)15-22(16-26)24(31)30-20(3)14-23-11-10-19(2)27(23)18-28/h5-9,19-20,22-23H,4,10-17H2,1-3H3,(H,29,32)(H,30,31). The Morgan fingerprint density at radius 3 is 2.67 bits per heavy atom. The van der Waals surface area contributed by atoms with Crippen LogP contribution < -0.4 is 10.6 Å². The van der Waals surface area contributed by atoms with Crippen molar-refractivity contribution >= 4 is 18.7 Å². The van der Waals surface area contributed by atoms with E-state index in [0.29, 0.717) is 18.2 Å². The summed E-state index contributed by atoms with van der Waals surface area (Å²) in [5, 5.41) is 15.5. The summed E-state index contributed by atoms with van der Waals surface area (Å²) in [6.07, 6.45) is 6.26. The highest BCUT2D eigenvalue weighted by molar-refractivity contribution is 6.70. The fraction of sp³-hybridized carbons (Fsp3) is 0.654. The minimum atomic E-state index is -0.399. The molecule has 2 aliphatic rings. The number of ether oxygens (including phenoxy) is 1. The summed E-state index contributed by atoms with van der Waals surface area (Å²) >= 11 is 0. The molecular weight excluding hydrogens is 413 g/mol. The molecule has 0 spiro atoms. The normalized spacial score (nSPS) is 27.2. The molecule has 2 amide bonds. The van der Waals surface area contributed by atoms with Crippen molar-refractivity contribution in [2.75, 3.05) is 6.54 Å². The molecule has 0 radical (unpaired) electrons. The predicted octanol–water partition coefficient (Wildman–Crippen LogP) is 5.12. The van der Waals surface area contributed by atoms with Gasteiger partial charge >= 0.3 is 6.09 Å². The average Bonchev–Trinajstić information content (AvgIpc) is 3.13. The zero-order valence-corrected chi connectivity index (χ0v) is 20.3. The molecule has 1 aliphatic carbocycles. The maximum Gasteiger partial charge on any atom is 0.407 e. The lowest BCUT2D eigenvalue weighted by Gasteiger charge is -2.47. The summed E-state index contributed by atoms with van der Waals surface area (Å²) in [4.78, 5) is 24.7. The van der Waals surface area contributed by atoms with Gasteiger partial charge in [0.2, 0.25) is 5.91 Å². The van der Waals surface area contributed by atoms with Crippen molar-refractivity contribution in [3.05, 3.63) is 35.9 Å². The number of nitrogens with zero attached hydrogens (tertiary/aromatic N) is 1. The highest BCUT2D eigenvalue weighted by Crippen LogP contribution is 2.50. The van der Waals surface area contributed by atoms with Crippen LogP contribution in [0.25, 0.3) is 0 Å². The summed E-state index contributed by atoms with van der Waals surface area (Å²) < 4.78 is 5.27. The second kappa shape index (κ2) is 11.6. The van der Waals surface area contributed by atoms with Gasteiger partial charge in [0, 0.05) is 24.5 Å². The Morgan fingerprint density at radius 1 is 1.27 bits per heavy atom. The number of nitrogens with one attached hydrogen (secondary N) is 2. The first-order valence-corrected chi connectivity index (χ1v) is 12.5. The molecule has 0 bridgehead atoms. The number of carbonyl (C=O) groups is 2. The van der Waals surface area contributed by atoms with Crippen LogP contribution in [-0.4, -0.2) is 31.3 Å². The van der Waals surface area contributed by atoms with E-state index < -0.39 is 6.09 Å². The number of rotatable bonds is 10. The third-order valence-corrected chi connectivity index (χ3v) is 7.92. The minimum Gasteiger partial charge on any atom is -0.445 e. The van der Waals surface area contributed by atoms with E-state index in [0.717, 1.165) is 50.5 Å². The smallest absolute Gasteiger partial charge is 0.407 e. The van der Waals surface area contributed by atoms with Crippen molar-refractivity contribution in [3.8, 4) is 5.97 Å². The quantitative estimate of drug-likeness (QED) is 0.484. The van der Waals surface area contributed by atoms with Gasteiger partial charge in [-0.3, -0.25) is 4.79 Å². The van der Waals surface area contributed by atoms with Crippen LogP contribution in [0.5, 0.6) is 0 Å². The molecule has 1 heterocycles. The van der Waals surface area contributed by atoms with Crippen LogP contribution in [0.15, 0.2) is 30.3 Å². The van der Waals surface area contributed by atoms with Crippen LogP contribution in [0.3, 0.4) is 0 Å². The molecule has 1 saturated carbocycles. The Balaban J connectivity index is 1.34. The summed E-state index contributed by atoms with van der Waals surface area (Å²) in [6, 6.07) is 9.72. The number of benzene rings is 1. The molecule has 3 atom stereocenters. The maximum absolute atomic E-state index is 12.8. The van der Waals surface area contributed by atoms with Gasteiger partial charge in [-0.1, -0.05) is 69.3 Å². The molecule has 7 heteroatoms. The largest absolute Gasteiger partial charge is 0.445 e.